The van der Waals surface area contributed by atoms with Crippen LogP contribution in [0.3, 0.4) is 0 Å². The molecule has 1 heterocycles. The maximum atomic E-state index is 12.7. The lowest BCUT2D eigenvalue weighted by Crippen LogP contribution is -2.57. The van der Waals surface area contributed by atoms with Gasteiger partial charge in [-0.25, -0.2) is 0 Å². The van der Waals surface area contributed by atoms with Crippen molar-refractivity contribution in [1.82, 2.24) is 5.06 Å². The maximum Gasteiger partial charge on any atom is 0.278 e. The second-order valence-corrected chi connectivity index (χ2v) is 4.99. The Hall–Kier alpha value is -2.40. The molecule has 0 saturated heterocycles. The normalized spacial score (nSPS) is 24.1. The molecule has 2 aliphatic rings. The van der Waals surface area contributed by atoms with Gasteiger partial charge in [-0.15, -0.1) is 0 Å². The molecule has 1 amide bonds. The van der Waals surface area contributed by atoms with Gasteiger partial charge in [-0.05, 0) is 23.8 Å². The Morgan fingerprint density at radius 3 is 2.67 bits per heavy atom. The van der Waals surface area contributed by atoms with Crippen LogP contribution < -0.4 is 0 Å². The van der Waals surface area contributed by atoms with Crippen LogP contribution >= 0.6 is 0 Å². The fourth-order valence-corrected chi connectivity index (χ4v) is 2.94. The highest BCUT2D eigenvalue weighted by molar-refractivity contribution is 6.03. The van der Waals surface area contributed by atoms with Gasteiger partial charge in [0.25, 0.3) is 5.91 Å². The predicted molar refractivity (Wildman–Crippen MR) is 75.3 cm³/mol. The van der Waals surface area contributed by atoms with Crippen molar-refractivity contribution in [2.24, 2.45) is 0 Å². The molecule has 1 atom stereocenters. The quantitative estimate of drug-likeness (QED) is 0.829. The van der Waals surface area contributed by atoms with Crippen molar-refractivity contribution >= 4 is 11.7 Å². The van der Waals surface area contributed by atoms with Gasteiger partial charge >= 0.3 is 0 Å². The van der Waals surface area contributed by atoms with Crippen molar-refractivity contribution in [1.29, 1.82) is 0 Å². The lowest BCUT2D eigenvalue weighted by atomic mass is 9.79. The fourth-order valence-electron chi connectivity index (χ4n) is 2.94. The van der Waals surface area contributed by atoms with Crippen molar-refractivity contribution in [3.63, 3.8) is 0 Å². The smallest absolute Gasteiger partial charge is 0.278 e. The minimum atomic E-state index is -0.914. The molecule has 5 nitrogen and oxygen atoms in total. The number of hydroxylamine groups is 2. The summed E-state index contributed by atoms with van der Waals surface area (Å²) >= 11 is 0. The first-order chi connectivity index (χ1) is 10.1. The molecule has 0 radical (unpaired) electrons. The van der Waals surface area contributed by atoms with E-state index in [2.05, 4.69) is 0 Å². The van der Waals surface area contributed by atoms with E-state index in [9.17, 15) is 9.59 Å². The number of hydrogen-bond donors (Lipinski definition) is 0. The number of rotatable bonds is 2. The summed E-state index contributed by atoms with van der Waals surface area (Å²) in [5.74, 6) is -0.0131. The van der Waals surface area contributed by atoms with Gasteiger partial charge in [-0.1, -0.05) is 18.2 Å². The van der Waals surface area contributed by atoms with E-state index < -0.39 is 5.54 Å². The minimum Gasteiger partial charge on any atom is -0.498 e. The topological polar surface area (TPSA) is 55.8 Å². The number of allylic oxidation sites excluding steroid dienone is 2. The highest BCUT2D eigenvalue weighted by atomic mass is 16.7. The maximum absolute atomic E-state index is 12.7. The molecule has 1 spiro atoms. The Morgan fingerprint density at radius 1 is 1.19 bits per heavy atom. The van der Waals surface area contributed by atoms with Crippen molar-refractivity contribution in [2.45, 2.75) is 12.0 Å². The Labute approximate surface area is 122 Å². The van der Waals surface area contributed by atoms with Crippen LogP contribution in [0.25, 0.3) is 0 Å². The van der Waals surface area contributed by atoms with Crippen molar-refractivity contribution < 1.29 is 19.2 Å². The third-order valence-electron chi connectivity index (χ3n) is 3.88. The summed E-state index contributed by atoms with van der Waals surface area (Å²) < 4.78 is 5.37. The third-order valence-corrected chi connectivity index (χ3v) is 3.88. The predicted octanol–water partition coefficient (Wildman–Crippen LogP) is 1.65. The van der Waals surface area contributed by atoms with Crippen LogP contribution in [0.15, 0.2) is 48.3 Å². The number of carbonyl (C=O) groups excluding carboxylic acids is 2. The number of fused-ring (bicyclic) bond motifs is 1. The number of carbonyl (C=O) groups is 2. The van der Waals surface area contributed by atoms with Gasteiger partial charge in [0.1, 0.15) is 5.76 Å². The van der Waals surface area contributed by atoms with Gasteiger partial charge in [-0.3, -0.25) is 14.4 Å². The first-order valence-electron chi connectivity index (χ1n) is 6.58. The SMILES string of the molecule is COC1=CC(=O)C=C[C@]12Cc1ccccc1C(=O)N2OC. The van der Waals surface area contributed by atoms with Crippen LogP contribution in [0, 0.1) is 0 Å². The Morgan fingerprint density at radius 2 is 1.95 bits per heavy atom. The second kappa shape index (κ2) is 4.86. The van der Waals surface area contributed by atoms with Gasteiger partial charge in [0, 0.05) is 18.1 Å². The molecule has 5 heteroatoms. The highest BCUT2D eigenvalue weighted by Crippen LogP contribution is 2.39. The minimum absolute atomic E-state index is 0.167. The molecule has 1 aliphatic carbocycles. The molecule has 0 N–H and O–H groups in total. The molecule has 1 aromatic carbocycles. The standard InChI is InChI=1S/C16H15NO4/c1-20-14-9-12(18)7-8-16(14)10-11-5-3-4-6-13(11)15(19)17(16)21-2/h3-9H,10H2,1-2H3/t16-/m0/s1. The number of ketones is 1. The molecular formula is C16H15NO4. The Kier molecular flexibility index (Phi) is 3.14. The molecular weight excluding hydrogens is 270 g/mol. The molecule has 1 aromatic rings. The van der Waals surface area contributed by atoms with Gasteiger partial charge < -0.3 is 4.74 Å². The van der Waals surface area contributed by atoms with E-state index in [1.165, 1.54) is 31.4 Å². The van der Waals surface area contributed by atoms with Gasteiger partial charge in [0.15, 0.2) is 11.3 Å². The molecule has 0 fully saturated rings. The van der Waals surface area contributed by atoms with Crippen molar-refractivity contribution in [2.75, 3.05) is 14.2 Å². The highest BCUT2D eigenvalue weighted by Gasteiger charge is 2.49. The van der Waals surface area contributed by atoms with E-state index in [0.29, 0.717) is 17.7 Å². The average Bonchev–Trinajstić information content (AvgIpc) is 2.50. The summed E-state index contributed by atoms with van der Waals surface area (Å²) in [7, 11) is 2.92. The fraction of sp³-hybridized carbons (Fsp3) is 0.250. The molecule has 21 heavy (non-hydrogen) atoms. The first-order valence-corrected chi connectivity index (χ1v) is 6.58. The zero-order valence-corrected chi connectivity index (χ0v) is 11.8. The largest absolute Gasteiger partial charge is 0.498 e. The van der Waals surface area contributed by atoms with Gasteiger partial charge in [0.2, 0.25) is 0 Å². The van der Waals surface area contributed by atoms with E-state index in [4.69, 9.17) is 9.57 Å². The number of benzene rings is 1. The summed E-state index contributed by atoms with van der Waals surface area (Å²) in [4.78, 5) is 29.6. The lowest BCUT2D eigenvalue weighted by molar-refractivity contribution is -0.151. The van der Waals surface area contributed by atoms with E-state index in [1.807, 2.05) is 18.2 Å². The van der Waals surface area contributed by atoms with Crippen LogP contribution in [0.4, 0.5) is 0 Å². The summed E-state index contributed by atoms with van der Waals surface area (Å²) in [5, 5.41) is 1.27. The van der Waals surface area contributed by atoms with Crippen LogP contribution in [0.5, 0.6) is 0 Å². The van der Waals surface area contributed by atoms with Crippen LogP contribution in [-0.2, 0) is 20.8 Å². The van der Waals surface area contributed by atoms with Crippen molar-refractivity contribution in [3.8, 4) is 0 Å². The number of amides is 1. The van der Waals surface area contributed by atoms with Crippen molar-refractivity contribution in [3.05, 3.63) is 59.4 Å². The molecule has 3 rings (SSSR count). The summed E-state index contributed by atoms with van der Waals surface area (Å²) in [6.45, 7) is 0. The zero-order valence-electron chi connectivity index (χ0n) is 11.8. The van der Waals surface area contributed by atoms with E-state index >= 15 is 0 Å². The average molecular weight is 285 g/mol. The van der Waals surface area contributed by atoms with Crippen LogP contribution in [0.2, 0.25) is 0 Å². The number of hydrogen-bond acceptors (Lipinski definition) is 4. The molecule has 0 unspecified atom stereocenters. The third kappa shape index (κ3) is 1.89. The zero-order chi connectivity index (χ0) is 15.0. The van der Waals surface area contributed by atoms with Gasteiger partial charge in [-0.2, -0.15) is 5.06 Å². The molecule has 0 aromatic heterocycles. The van der Waals surface area contributed by atoms with Crippen LogP contribution in [-0.4, -0.2) is 36.5 Å². The number of ether oxygens (including phenoxy) is 1. The monoisotopic (exact) mass is 285 g/mol. The number of nitrogens with zero attached hydrogens (tertiary/aromatic N) is 1. The van der Waals surface area contributed by atoms with E-state index in [0.717, 1.165) is 5.56 Å². The van der Waals surface area contributed by atoms with E-state index in [-0.39, 0.29) is 11.7 Å². The Bertz CT molecular complexity index is 677. The molecule has 108 valence electrons. The number of methoxy groups -OCH3 is 1. The summed E-state index contributed by atoms with van der Waals surface area (Å²) in [6, 6.07) is 7.37. The summed E-state index contributed by atoms with van der Waals surface area (Å²) in [6.07, 6.45) is 5.00. The van der Waals surface area contributed by atoms with Crippen LogP contribution in [0.1, 0.15) is 15.9 Å². The Balaban J connectivity index is 2.19. The molecule has 1 aliphatic heterocycles. The van der Waals surface area contributed by atoms with E-state index in [1.54, 1.807) is 12.1 Å². The first kappa shape index (κ1) is 13.6. The van der Waals surface area contributed by atoms with Gasteiger partial charge in [0.05, 0.1) is 14.2 Å². The second-order valence-electron chi connectivity index (χ2n) is 4.99. The summed E-state index contributed by atoms with van der Waals surface area (Å²) in [5.41, 5.74) is 0.589. The molecule has 0 saturated carbocycles. The molecule has 0 bridgehead atoms. The lowest BCUT2D eigenvalue weighted by Gasteiger charge is -2.44.